The van der Waals surface area contributed by atoms with Crippen LogP contribution in [-0.2, 0) is 0 Å². The molecule has 0 aliphatic rings. The van der Waals surface area contributed by atoms with E-state index >= 15 is 0 Å². The van der Waals surface area contributed by atoms with Gasteiger partial charge in [0.25, 0.3) is 0 Å². The highest BCUT2D eigenvalue weighted by atomic mass is 32.1. The Kier molecular flexibility index (Phi) is 8.47. The fourth-order valence-corrected chi connectivity index (χ4v) is 8.93. The zero-order valence-corrected chi connectivity index (χ0v) is 31.1. The summed E-state index contributed by atoms with van der Waals surface area (Å²) in [5.74, 6) is 0. The van der Waals surface area contributed by atoms with Gasteiger partial charge in [0.05, 0.1) is 38.4 Å². The molecule has 0 saturated heterocycles. The minimum atomic E-state index is 0.410. The maximum Gasteiger partial charge on any atom is 0.0817 e. The molecule has 0 spiro atoms. The summed E-state index contributed by atoms with van der Waals surface area (Å²) in [5, 5.41) is 12.4. The van der Waals surface area contributed by atoms with E-state index in [1.165, 1.54) is 31.1 Å². The second-order valence-electron chi connectivity index (χ2n) is 13.8. The first-order valence-corrected chi connectivity index (χ1v) is 19.5. The van der Waals surface area contributed by atoms with Gasteiger partial charge in [0.2, 0.25) is 0 Å². The molecule has 0 bridgehead atoms. The maximum atomic E-state index is 8.87. The van der Waals surface area contributed by atoms with Crippen LogP contribution >= 0.6 is 11.3 Å². The topological polar surface area (TPSA) is 54.0 Å². The summed E-state index contributed by atoms with van der Waals surface area (Å²) in [4.78, 5) is 10.2. The van der Waals surface area contributed by atoms with Gasteiger partial charge in [-0.05, 0) is 52.6 Å². The van der Waals surface area contributed by atoms with Crippen LogP contribution in [0.5, 0.6) is 0 Å². The fourth-order valence-electron chi connectivity index (χ4n) is 7.58. The van der Waals surface area contributed by atoms with Crippen LogP contribution in [0.2, 0.25) is 0 Å². The molecule has 1 N–H and O–H groups in total. The molecule has 7 aromatic carbocycles. The Hall–Kier alpha value is -7.21. The van der Waals surface area contributed by atoms with Crippen LogP contribution in [0.1, 0.15) is 16.7 Å². The van der Waals surface area contributed by atoms with Gasteiger partial charge in [-0.2, -0.15) is 0 Å². The van der Waals surface area contributed by atoms with Crippen LogP contribution in [-0.4, -0.2) is 21.5 Å². The number of nitrogens with one attached hydrogen (secondary N) is 1. The van der Waals surface area contributed by atoms with Crippen LogP contribution in [0.4, 0.5) is 0 Å². The van der Waals surface area contributed by atoms with Gasteiger partial charge in [-0.3, -0.25) is 4.99 Å². The summed E-state index contributed by atoms with van der Waals surface area (Å²) >= 11 is 1.86. The molecule has 10 aromatic rings. The van der Waals surface area contributed by atoms with E-state index in [9.17, 15) is 0 Å². The monoisotopic (exact) mass is 734 g/mol. The molecular formula is C51H34N4S. The summed E-state index contributed by atoms with van der Waals surface area (Å²) in [6, 6.07) is 65.0. The largest absolute Gasteiger partial charge is 0.308 e. The number of rotatable bonds is 8. The molecule has 0 fully saturated rings. The van der Waals surface area contributed by atoms with Crippen LogP contribution in [0.15, 0.2) is 199 Å². The van der Waals surface area contributed by atoms with Crippen LogP contribution in [0.25, 0.3) is 75.9 Å². The number of hydrogen-bond donors (Lipinski definition) is 1. The fraction of sp³-hybridized carbons (Fsp3) is 0. The average molecular weight is 735 g/mol. The average Bonchev–Trinajstić information content (AvgIpc) is 3.81. The van der Waals surface area contributed by atoms with E-state index < -0.39 is 0 Å². The lowest BCUT2D eigenvalue weighted by atomic mass is 10.0. The summed E-state index contributed by atoms with van der Waals surface area (Å²) in [6.45, 7) is 0. The number of nitrogens with zero attached hydrogens (tertiary/aromatic N) is 3. The van der Waals surface area contributed by atoms with E-state index in [1.807, 2.05) is 84.3 Å². The minimum absolute atomic E-state index is 0.410. The molecule has 0 aliphatic heterocycles. The number of allylic oxidation sites excluding steroid dienone is 1. The highest BCUT2D eigenvalue weighted by Gasteiger charge is 2.23. The molecule has 5 heteroatoms. The number of pyridine rings is 1. The van der Waals surface area contributed by atoms with Crippen molar-refractivity contribution >= 4 is 71.1 Å². The van der Waals surface area contributed by atoms with Gasteiger partial charge < -0.3 is 9.98 Å². The Morgan fingerprint density at radius 3 is 1.96 bits per heavy atom. The number of fused-ring (bicyclic) bond motifs is 7. The van der Waals surface area contributed by atoms with Crippen molar-refractivity contribution < 1.29 is 0 Å². The van der Waals surface area contributed by atoms with E-state index in [0.717, 1.165) is 61.5 Å². The highest BCUT2D eigenvalue weighted by Crippen LogP contribution is 2.48. The third-order valence-corrected chi connectivity index (χ3v) is 11.5. The number of aromatic nitrogens is 2. The maximum absolute atomic E-state index is 8.87. The standard InChI is InChI=1S/C51H34N4S/c52-43(36-17-7-2-8-18-36)32-45(53-33-34-15-5-1-6-16-34)37-27-25-35(26-28-37)39-29-30-42-46(31-39)55(40-21-11-4-12-22-40)49-47-48(38-19-9-3-10-20-38)54-44-24-14-13-23-41(44)50(47)56-51(42)49/h1-33,52H/b45-32-,52-43?,53-33?. The van der Waals surface area contributed by atoms with E-state index in [1.54, 1.807) is 0 Å². The number of hydrogen-bond acceptors (Lipinski definition) is 4. The van der Waals surface area contributed by atoms with Crippen LogP contribution in [0, 0.1) is 5.41 Å². The van der Waals surface area contributed by atoms with Crippen molar-refractivity contribution in [3.63, 3.8) is 0 Å². The molecule has 264 valence electrons. The molecule has 3 aromatic heterocycles. The third-order valence-electron chi connectivity index (χ3n) is 10.3. The van der Waals surface area contributed by atoms with Crippen molar-refractivity contribution in [1.29, 1.82) is 5.41 Å². The zero-order chi connectivity index (χ0) is 37.4. The summed E-state index contributed by atoms with van der Waals surface area (Å²) < 4.78 is 4.94. The smallest absolute Gasteiger partial charge is 0.0817 e. The lowest BCUT2D eigenvalue weighted by Gasteiger charge is -2.12. The first-order valence-electron chi connectivity index (χ1n) is 18.7. The zero-order valence-electron chi connectivity index (χ0n) is 30.3. The van der Waals surface area contributed by atoms with Crippen LogP contribution < -0.4 is 0 Å². The molecule has 10 rings (SSSR count). The molecule has 0 unspecified atom stereocenters. The van der Waals surface area contributed by atoms with E-state index in [2.05, 4.69) is 132 Å². The second kappa shape index (κ2) is 14.2. The predicted octanol–water partition coefficient (Wildman–Crippen LogP) is 13.4. The van der Waals surface area contributed by atoms with E-state index in [-0.39, 0.29) is 0 Å². The summed E-state index contributed by atoms with van der Waals surface area (Å²) in [6.07, 6.45) is 3.71. The van der Waals surface area contributed by atoms with Gasteiger partial charge in [-0.1, -0.05) is 164 Å². The Labute approximate surface area is 328 Å². The van der Waals surface area contributed by atoms with Crippen molar-refractivity contribution in [3.8, 4) is 28.1 Å². The molecule has 56 heavy (non-hydrogen) atoms. The van der Waals surface area contributed by atoms with Gasteiger partial charge in [-0.15, -0.1) is 11.3 Å². The lowest BCUT2D eigenvalue weighted by Crippen LogP contribution is -1.96. The molecule has 3 heterocycles. The molecule has 0 saturated carbocycles. The minimum Gasteiger partial charge on any atom is -0.308 e. The first kappa shape index (κ1) is 33.4. The molecule has 0 atom stereocenters. The van der Waals surface area contributed by atoms with Crippen molar-refractivity contribution in [2.24, 2.45) is 4.99 Å². The van der Waals surface area contributed by atoms with Crippen LogP contribution in [0.3, 0.4) is 0 Å². The third kappa shape index (κ3) is 6.01. The molecule has 0 amide bonds. The second-order valence-corrected chi connectivity index (χ2v) is 14.8. The molecule has 0 radical (unpaired) electrons. The number of thiophene rings is 1. The molecule has 4 nitrogen and oxygen atoms in total. The molecule has 0 aliphatic carbocycles. The van der Waals surface area contributed by atoms with Gasteiger partial charge in [0, 0.05) is 43.9 Å². The van der Waals surface area contributed by atoms with Crippen molar-refractivity contribution in [3.05, 3.63) is 211 Å². The van der Waals surface area contributed by atoms with Gasteiger partial charge in [-0.25, -0.2) is 4.98 Å². The van der Waals surface area contributed by atoms with E-state index in [4.69, 9.17) is 15.4 Å². The van der Waals surface area contributed by atoms with Crippen molar-refractivity contribution in [2.75, 3.05) is 0 Å². The quantitative estimate of drug-likeness (QED) is 0.155. The molecular weight excluding hydrogens is 701 g/mol. The Morgan fingerprint density at radius 2 is 1.21 bits per heavy atom. The SMILES string of the molecule is N=C(/C=C(\N=Cc1ccccc1)c1ccc(-c2ccc3c4sc5c6ccccc6nc(-c6ccccc6)c5c4n(-c4ccccc4)c3c2)cc1)c1ccccc1. The van der Waals surface area contributed by atoms with E-state index in [0.29, 0.717) is 5.71 Å². The Balaban J connectivity index is 1.13. The Bertz CT molecular complexity index is 3110. The van der Waals surface area contributed by atoms with Crippen molar-refractivity contribution in [1.82, 2.24) is 9.55 Å². The number of benzene rings is 7. The predicted molar refractivity (Wildman–Crippen MR) is 238 cm³/mol. The normalized spacial score (nSPS) is 12.0. The summed E-state index contributed by atoms with van der Waals surface area (Å²) in [5.41, 5.74) is 12.7. The number of para-hydroxylation sites is 2. The Morgan fingerprint density at radius 1 is 0.571 bits per heavy atom. The highest BCUT2D eigenvalue weighted by molar-refractivity contribution is 7.27. The van der Waals surface area contributed by atoms with Gasteiger partial charge >= 0.3 is 0 Å². The lowest BCUT2D eigenvalue weighted by molar-refractivity contribution is 1.19. The van der Waals surface area contributed by atoms with Gasteiger partial charge in [0.15, 0.2) is 0 Å². The summed E-state index contributed by atoms with van der Waals surface area (Å²) in [7, 11) is 0. The van der Waals surface area contributed by atoms with Crippen molar-refractivity contribution in [2.45, 2.75) is 0 Å². The first-order chi connectivity index (χ1) is 27.7. The van der Waals surface area contributed by atoms with Gasteiger partial charge in [0.1, 0.15) is 0 Å². The number of aliphatic imine (C=N–C) groups is 1.